The van der Waals surface area contributed by atoms with Crippen LogP contribution in [-0.2, 0) is 13.0 Å². The molecule has 1 aliphatic heterocycles. The largest absolute Gasteiger partial charge is 0.497 e. The standard InChI is InChI=1S/C24H28N2O2/c1-28-22-10-2-6-19(14-22)15-24(18-27)11-5-13-26(17-24)16-21-8-3-7-20-9-4-12-25-23(20)21/h2-4,6-10,12,14,27H,5,11,13,15-18H2,1H3/t24-/m1/s1. The molecule has 146 valence electrons. The Balaban J connectivity index is 1.53. The quantitative estimate of drug-likeness (QED) is 0.705. The molecule has 0 amide bonds. The number of nitrogens with zero attached hydrogens (tertiary/aromatic N) is 2. The molecule has 2 heterocycles. The lowest BCUT2D eigenvalue weighted by Crippen LogP contribution is -2.46. The molecule has 3 aromatic rings. The zero-order chi connectivity index (χ0) is 19.4. The molecule has 4 heteroatoms. The van der Waals surface area contributed by atoms with E-state index in [2.05, 4.69) is 46.3 Å². The Morgan fingerprint density at radius 1 is 1.14 bits per heavy atom. The van der Waals surface area contributed by atoms with E-state index in [0.717, 1.165) is 50.2 Å². The molecule has 4 nitrogen and oxygen atoms in total. The van der Waals surface area contributed by atoms with E-state index >= 15 is 0 Å². The van der Waals surface area contributed by atoms with E-state index in [-0.39, 0.29) is 12.0 Å². The van der Waals surface area contributed by atoms with Crippen molar-refractivity contribution in [1.82, 2.24) is 9.88 Å². The van der Waals surface area contributed by atoms with Crippen LogP contribution in [0.1, 0.15) is 24.0 Å². The summed E-state index contributed by atoms with van der Waals surface area (Å²) in [6.45, 7) is 3.02. The Morgan fingerprint density at radius 3 is 2.86 bits per heavy atom. The molecule has 1 aliphatic rings. The van der Waals surface area contributed by atoms with Gasteiger partial charge in [0.25, 0.3) is 0 Å². The fourth-order valence-corrected chi connectivity index (χ4v) is 4.53. The number of hydrogen-bond donors (Lipinski definition) is 1. The van der Waals surface area contributed by atoms with Gasteiger partial charge in [0.2, 0.25) is 0 Å². The van der Waals surface area contributed by atoms with Crippen molar-refractivity contribution < 1.29 is 9.84 Å². The van der Waals surface area contributed by atoms with Crippen LogP contribution < -0.4 is 4.74 Å². The zero-order valence-corrected chi connectivity index (χ0v) is 16.5. The van der Waals surface area contributed by atoms with Crippen molar-refractivity contribution in [2.24, 2.45) is 5.41 Å². The van der Waals surface area contributed by atoms with Gasteiger partial charge in [0, 0.05) is 30.1 Å². The summed E-state index contributed by atoms with van der Waals surface area (Å²) in [5.41, 5.74) is 3.45. The van der Waals surface area contributed by atoms with Crippen molar-refractivity contribution in [3.63, 3.8) is 0 Å². The number of likely N-dealkylation sites (tertiary alicyclic amines) is 1. The second-order valence-corrected chi connectivity index (χ2v) is 7.99. The van der Waals surface area contributed by atoms with Crippen LogP contribution >= 0.6 is 0 Å². The SMILES string of the molecule is COc1cccc(C[C@]2(CO)CCCN(Cc3cccc4cccnc34)C2)c1. The van der Waals surface area contributed by atoms with Crippen LogP contribution in [0.2, 0.25) is 0 Å². The number of rotatable bonds is 6. The molecule has 28 heavy (non-hydrogen) atoms. The van der Waals surface area contributed by atoms with Gasteiger partial charge in [-0.05, 0) is 55.1 Å². The predicted molar refractivity (Wildman–Crippen MR) is 112 cm³/mol. The summed E-state index contributed by atoms with van der Waals surface area (Å²) in [6, 6.07) is 18.7. The third-order valence-corrected chi connectivity index (χ3v) is 5.90. The van der Waals surface area contributed by atoms with Crippen LogP contribution in [-0.4, -0.2) is 41.8 Å². The van der Waals surface area contributed by atoms with E-state index in [0.29, 0.717) is 0 Å². The summed E-state index contributed by atoms with van der Waals surface area (Å²) in [5.74, 6) is 0.875. The summed E-state index contributed by atoms with van der Waals surface area (Å²) in [7, 11) is 1.70. The van der Waals surface area contributed by atoms with Crippen molar-refractivity contribution >= 4 is 10.9 Å². The van der Waals surface area contributed by atoms with Crippen LogP contribution in [0.15, 0.2) is 60.8 Å². The summed E-state index contributed by atoms with van der Waals surface area (Å²) in [4.78, 5) is 7.08. The summed E-state index contributed by atoms with van der Waals surface area (Å²) in [5, 5.41) is 11.5. The Kier molecular flexibility index (Phi) is 5.60. The minimum absolute atomic E-state index is 0.109. The average Bonchev–Trinajstić information content (AvgIpc) is 2.74. The number of aliphatic hydroxyl groups is 1. The molecule has 1 saturated heterocycles. The summed E-state index contributed by atoms with van der Waals surface area (Å²) in [6.07, 6.45) is 4.88. The molecule has 1 aromatic heterocycles. The van der Waals surface area contributed by atoms with E-state index in [9.17, 15) is 5.11 Å². The maximum absolute atomic E-state index is 10.3. The topological polar surface area (TPSA) is 45.6 Å². The maximum atomic E-state index is 10.3. The van der Waals surface area contributed by atoms with Gasteiger partial charge in [0.05, 0.1) is 19.2 Å². The van der Waals surface area contributed by atoms with Crippen LogP contribution in [0.5, 0.6) is 5.75 Å². The molecule has 0 unspecified atom stereocenters. The molecule has 2 aromatic carbocycles. The van der Waals surface area contributed by atoms with Gasteiger partial charge in [-0.2, -0.15) is 0 Å². The van der Waals surface area contributed by atoms with Crippen LogP contribution in [0.3, 0.4) is 0 Å². The molecule has 0 bridgehead atoms. The fourth-order valence-electron chi connectivity index (χ4n) is 4.53. The molecule has 1 fully saturated rings. The van der Waals surface area contributed by atoms with Crippen molar-refractivity contribution in [2.45, 2.75) is 25.8 Å². The highest BCUT2D eigenvalue weighted by molar-refractivity contribution is 5.81. The maximum Gasteiger partial charge on any atom is 0.119 e. The average molecular weight is 377 g/mol. The van der Waals surface area contributed by atoms with Gasteiger partial charge in [0.1, 0.15) is 5.75 Å². The van der Waals surface area contributed by atoms with E-state index < -0.39 is 0 Å². The number of fused-ring (bicyclic) bond motifs is 1. The highest BCUT2D eigenvalue weighted by Gasteiger charge is 2.35. The van der Waals surface area contributed by atoms with Gasteiger partial charge >= 0.3 is 0 Å². The lowest BCUT2D eigenvalue weighted by molar-refractivity contribution is 0.0290. The van der Waals surface area contributed by atoms with E-state index in [1.54, 1.807) is 7.11 Å². The number of hydrogen-bond acceptors (Lipinski definition) is 4. The van der Waals surface area contributed by atoms with Crippen LogP contribution in [0, 0.1) is 5.41 Å². The molecule has 0 aliphatic carbocycles. The Morgan fingerprint density at radius 2 is 2.00 bits per heavy atom. The third-order valence-electron chi connectivity index (χ3n) is 5.90. The Bertz CT molecular complexity index is 937. The van der Waals surface area contributed by atoms with Crippen LogP contribution in [0.4, 0.5) is 0 Å². The number of pyridine rings is 1. The first-order valence-electron chi connectivity index (χ1n) is 10.0. The summed E-state index contributed by atoms with van der Waals surface area (Å²) < 4.78 is 5.37. The highest BCUT2D eigenvalue weighted by atomic mass is 16.5. The number of aliphatic hydroxyl groups excluding tert-OH is 1. The molecule has 1 atom stereocenters. The Hall–Kier alpha value is -2.43. The molecular formula is C24H28N2O2. The fraction of sp³-hybridized carbons (Fsp3) is 0.375. The first-order chi connectivity index (χ1) is 13.7. The minimum atomic E-state index is -0.109. The van der Waals surface area contributed by atoms with Gasteiger partial charge < -0.3 is 9.84 Å². The van der Waals surface area contributed by atoms with E-state index in [1.807, 2.05) is 24.4 Å². The summed E-state index contributed by atoms with van der Waals surface area (Å²) >= 11 is 0. The number of aromatic nitrogens is 1. The van der Waals surface area contributed by atoms with Gasteiger partial charge in [-0.25, -0.2) is 0 Å². The highest BCUT2D eigenvalue weighted by Crippen LogP contribution is 2.35. The molecule has 4 rings (SSSR count). The number of para-hydroxylation sites is 1. The number of ether oxygens (including phenoxy) is 1. The van der Waals surface area contributed by atoms with Crippen LogP contribution in [0.25, 0.3) is 10.9 Å². The smallest absolute Gasteiger partial charge is 0.119 e. The first kappa shape index (κ1) is 18.9. The number of methoxy groups -OCH3 is 1. The van der Waals surface area contributed by atoms with Crippen molar-refractivity contribution in [1.29, 1.82) is 0 Å². The second kappa shape index (κ2) is 8.29. The lowest BCUT2D eigenvalue weighted by Gasteiger charge is -2.42. The number of benzene rings is 2. The van der Waals surface area contributed by atoms with Crippen molar-refractivity contribution in [3.05, 3.63) is 71.9 Å². The van der Waals surface area contributed by atoms with Crippen molar-refractivity contribution in [2.75, 3.05) is 26.8 Å². The van der Waals surface area contributed by atoms with E-state index in [1.165, 1.54) is 16.5 Å². The normalized spacial score (nSPS) is 20.4. The Labute approximate surface area is 166 Å². The second-order valence-electron chi connectivity index (χ2n) is 7.99. The van der Waals surface area contributed by atoms with Gasteiger partial charge in [-0.1, -0.05) is 36.4 Å². The number of piperidine rings is 1. The third kappa shape index (κ3) is 4.03. The minimum Gasteiger partial charge on any atom is -0.497 e. The lowest BCUT2D eigenvalue weighted by atomic mass is 9.75. The van der Waals surface area contributed by atoms with Gasteiger partial charge in [0.15, 0.2) is 0 Å². The molecule has 0 radical (unpaired) electrons. The zero-order valence-electron chi connectivity index (χ0n) is 16.5. The monoisotopic (exact) mass is 376 g/mol. The predicted octanol–water partition coefficient (Wildman–Crippen LogP) is 4.06. The van der Waals surface area contributed by atoms with Crippen molar-refractivity contribution in [3.8, 4) is 5.75 Å². The van der Waals surface area contributed by atoms with Gasteiger partial charge in [-0.15, -0.1) is 0 Å². The first-order valence-corrected chi connectivity index (χ1v) is 10.0. The van der Waals surface area contributed by atoms with Gasteiger partial charge in [-0.3, -0.25) is 9.88 Å². The van der Waals surface area contributed by atoms with E-state index in [4.69, 9.17) is 4.74 Å². The molecule has 0 saturated carbocycles. The molecule has 0 spiro atoms. The molecule has 1 N–H and O–H groups in total. The molecular weight excluding hydrogens is 348 g/mol.